The van der Waals surface area contributed by atoms with Crippen LogP contribution in [0.2, 0.25) is 0 Å². The molecule has 9 heteroatoms. The molecule has 0 unspecified atom stereocenters. The number of rotatable bonds is 4. The molecule has 1 N–H and O–H groups in total. The standard InChI is InChI=1S/C31H32N2O7/c1-30(2,3)40-29(36)32-24-16-15-21(39-4)17-23(24)31(28(32)35)25(34)18-22(19-11-7-5-8-12-19)27(33(37)38)26(31)20-13-9-6-10-14-20/h5-17,22,25-27,34H,18H2,1-4H3/t22-,25+,26-,27+,31+/m0/s1. The Morgan fingerprint density at radius 3 is 2.17 bits per heavy atom. The summed E-state index contributed by atoms with van der Waals surface area (Å²) in [4.78, 5) is 41.7. The van der Waals surface area contributed by atoms with Gasteiger partial charge >= 0.3 is 6.09 Å². The maximum absolute atomic E-state index is 14.7. The van der Waals surface area contributed by atoms with Crippen molar-refractivity contribution in [2.45, 2.75) is 62.2 Å². The maximum Gasteiger partial charge on any atom is 0.421 e. The maximum atomic E-state index is 14.7. The molecular formula is C31H32N2O7. The van der Waals surface area contributed by atoms with Crippen molar-refractivity contribution in [3.8, 4) is 5.75 Å². The Bertz CT molecular complexity index is 1440. The Morgan fingerprint density at radius 2 is 1.62 bits per heavy atom. The Hall–Kier alpha value is -4.24. The van der Waals surface area contributed by atoms with Crippen LogP contribution in [0, 0.1) is 10.1 Å². The molecule has 1 fully saturated rings. The van der Waals surface area contributed by atoms with Crippen LogP contribution < -0.4 is 9.64 Å². The zero-order chi connectivity index (χ0) is 28.8. The van der Waals surface area contributed by atoms with Crippen LogP contribution in [0.3, 0.4) is 0 Å². The SMILES string of the molecule is COc1ccc2c(c1)[C@@]1(C(=O)N2C(=O)OC(C)(C)C)[C@H](O)C[C@@H](c2ccccc2)[C@@H]([N+](=O)[O-])[C@@H]1c1ccccc1. The fourth-order valence-corrected chi connectivity index (χ4v) is 6.39. The number of nitro groups is 1. The first-order valence-corrected chi connectivity index (χ1v) is 13.2. The largest absolute Gasteiger partial charge is 0.497 e. The number of carbonyl (C=O) groups excluding carboxylic acids is 2. The molecule has 0 saturated heterocycles. The number of aliphatic hydroxyl groups is 1. The van der Waals surface area contributed by atoms with Gasteiger partial charge in [-0.15, -0.1) is 0 Å². The van der Waals surface area contributed by atoms with Crippen molar-refractivity contribution in [1.29, 1.82) is 0 Å². The van der Waals surface area contributed by atoms with E-state index in [1.54, 1.807) is 93.6 Å². The lowest BCUT2D eigenvalue weighted by Gasteiger charge is -2.47. The Balaban J connectivity index is 1.81. The van der Waals surface area contributed by atoms with Gasteiger partial charge in [0.25, 0.3) is 5.91 Å². The Kier molecular flexibility index (Phi) is 6.87. The van der Waals surface area contributed by atoms with E-state index >= 15 is 0 Å². The van der Waals surface area contributed by atoms with Crippen molar-refractivity contribution >= 4 is 17.7 Å². The van der Waals surface area contributed by atoms with Crippen LogP contribution in [0.4, 0.5) is 10.5 Å². The first-order chi connectivity index (χ1) is 19.0. The third kappa shape index (κ3) is 4.30. The summed E-state index contributed by atoms with van der Waals surface area (Å²) in [5, 5.41) is 25.1. The summed E-state index contributed by atoms with van der Waals surface area (Å²) in [6.45, 7) is 5.06. The number of hydrogen-bond donors (Lipinski definition) is 1. The molecule has 1 saturated carbocycles. The van der Waals surface area contributed by atoms with Crippen molar-refractivity contribution in [2.75, 3.05) is 12.0 Å². The number of amides is 2. The van der Waals surface area contributed by atoms with E-state index in [1.807, 2.05) is 6.07 Å². The summed E-state index contributed by atoms with van der Waals surface area (Å²) in [6.07, 6.45) is -2.35. The summed E-state index contributed by atoms with van der Waals surface area (Å²) in [5.74, 6) is -2.19. The summed E-state index contributed by atoms with van der Waals surface area (Å²) >= 11 is 0. The van der Waals surface area contributed by atoms with E-state index in [9.17, 15) is 24.8 Å². The van der Waals surface area contributed by atoms with Crippen LogP contribution in [-0.2, 0) is 14.9 Å². The molecule has 1 spiro atoms. The molecule has 1 aliphatic heterocycles. The fraction of sp³-hybridized carbons (Fsp3) is 0.355. The van der Waals surface area contributed by atoms with Crippen molar-refractivity contribution in [3.05, 3.63) is 106 Å². The minimum Gasteiger partial charge on any atom is -0.497 e. The monoisotopic (exact) mass is 544 g/mol. The number of anilines is 1. The smallest absolute Gasteiger partial charge is 0.421 e. The van der Waals surface area contributed by atoms with Gasteiger partial charge in [0, 0.05) is 4.92 Å². The summed E-state index contributed by atoms with van der Waals surface area (Å²) in [5.41, 5.74) is -1.06. The molecule has 5 atom stereocenters. The molecule has 0 radical (unpaired) electrons. The third-order valence-electron chi connectivity index (χ3n) is 7.90. The van der Waals surface area contributed by atoms with E-state index in [1.165, 1.54) is 7.11 Å². The molecule has 1 heterocycles. The lowest BCUT2D eigenvalue weighted by Crippen LogP contribution is -2.62. The van der Waals surface area contributed by atoms with E-state index in [0.29, 0.717) is 22.4 Å². The van der Waals surface area contributed by atoms with Crippen LogP contribution in [0.1, 0.15) is 55.7 Å². The van der Waals surface area contributed by atoms with Crippen LogP contribution in [-0.4, -0.2) is 46.9 Å². The molecule has 3 aromatic carbocycles. The quantitative estimate of drug-likeness (QED) is 0.354. The predicted molar refractivity (Wildman–Crippen MR) is 148 cm³/mol. The molecule has 2 aliphatic rings. The van der Waals surface area contributed by atoms with Gasteiger partial charge in [-0.05, 0) is 62.1 Å². The zero-order valence-corrected chi connectivity index (χ0v) is 22.8. The predicted octanol–water partition coefficient (Wildman–Crippen LogP) is 5.19. The molecule has 2 amide bonds. The van der Waals surface area contributed by atoms with Crippen molar-refractivity contribution in [2.24, 2.45) is 0 Å². The molecule has 40 heavy (non-hydrogen) atoms. The number of fused-ring (bicyclic) bond motifs is 2. The minimum atomic E-state index is -1.86. The fourth-order valence-electron chi connectivity index (χ4n) is 6.39. The van der Waals surface area contributed by atoms with Crippen LogP contribution in [0.15, 0.2) is 78.9 Å². The number of aliphatic hydroxyl groups excluding tert-OH is 1. The third-order valence-corrected chi connectivity index (χ3v) is 7.90. The second-order valence-corrected chi connectivity index (χ2v) is 11.3. The molecular weight excluding hydrogens is 512 g/mol. The van der Waals surface area contributed by atoms with Gasteiger partial charge in [0.15, 0.2) is 0 Å². The van der Waals surface area contributed by atoms with Crippen LogP contribution >= 0.6 is 0 Å². The van der Waals surface area contributed by atoms with Gasteiger partial charge < -0.3 is 14.6 Å². The van der Waals surface area contributed by atoms with Crippen molar-refractivity contribution in [1.82, 2.24) is 0 Å². The van der Waals surface area contributed by atoms with E-state index < -0.39 is 47.0 Å². The minimum absolute atomic E-state index is 0.0659. The van der Waals surface area contributed by atoms with E-state index in [0.717, 1.165) is 4.90 Å². The normalized spacial score (nSPS) is 25.9. The lowest BCUT2D eigenvalue weighted by atomic mass is 9.54. The van der Waals surface area contributed by atoms with E-state index in [2.05, 4.69) is 0 Å². The van der Waals surface area contributed by atoms with Crippen LogP contribution in [0.25, 0.3) is 0 Å². The number of carbonyl (C=O) groups is 2. The van der Waals surface area contributed by atoms with Gasteiger partial charge in [-0.3, -0.25) is 14.9 Å². The average molecular weight is 545 g/mol. The van der Waals surface area contributed by atoms with E-state index in [4.69, 9.17) is 9.47 Å². The number of nitrogens with zero attached hydrogens (tertiary/aromatic N) is 2. The number of benzene rings is 3. The van der Waals surface area contributed by atoms with Gasteiger partial charge in [0.05, 0.1) is 30.7 Å². The highest BCUT2D eigenvalue weighted by atomic mass is 16.6. The second kappa shape index (κ2) is 10.1. The van der Waals surface area contributed by atoms with Crippen LogP contribution in [0.5, 0.6) is 5.75 Å². The highest BCUT2D eigenvalue weighted by Crippen LogP contribution is 2.60. The molecule has 208 valence electrons. The van der Waals surface area contributed by atoms with Crippen molar-refractivity contribution < 1.29 is 29.1 Å². The first kappa shape index (κ1) is 27.3. The Morgan fingerprint density at radius 1 is 1.02 bits per heavy atom. The number of hydrogen-bond acceptors (Lipinski definition) is 7. The molecule has 5 rings (SSSR count). The zero-order valence-electron chi connectivity index (χ0n) is 22.8. The van der Waals surface area contributed by atoms with Gasteiger partial charge in [0.1, 0.15) is 16.8 Å². The van der Waals surface area contributed by atoms with E-state index in [-0.39, 0.29) is 17.0 Å². The van der Waals surface area contributed by atoms with Gasteiger partial charge in [-0.25, -0.2) is 9.69 Å². The summed E-state index contributed by atoms with van der Waals surface area (Å²) in [7, 11) is 1.47. The highest BCUT2D eigenvalue weighted by Gasteiger charge is 2.69. The molecule has 9 nitrogen and oxygen atoms in total. The second-order valence-electron chi connectivity index (χ2n) is 11.3. The highest BCUT2D eigenvalue weighted by molar-refractivity contribution is 6.22. The number of imide groups is 1. The molecule has 3 aromatic rings. The molecule has 1 aliphatic carbocycles. The number of methoxy groups -OCH3 is 1. The molecule has 0 aromatic heterocycles. The van der Waals surface area contributed by atoms with Gasteiger partial charge in [-0.1, -0.05) is 60.7 Å². The van der Waals surface area contributed by atoms with Crippen molar-refractivity contribution in [3.63, 3.8) is 0 Å². The lowest BCUT2D eigenvalue weighted by molar-refractivity contribution is -0.537. The average Bonchev–Trinajstić information content (AvgIpc) is 3.17. The van der Waals surface area contributed by atoms with Gasteiger partial charge in [0.2, 0.25) is 6.04 Å². The topological polar surface area (TPSA) is 119 Å². The first-order valence-electron chi connectivity index (χ1n) is 13.2. The summed E-state index contributed by atoms with van der Waals surface area (Å²) < 4.78 is 11.1. The molecule has 0 bridgehead atoms. The summed E-state index contributed by atoms with van der Waals surface area (Å²) in [6, 6.07) is 21.2. The number of ether oxygens (including phenoxy) is 2. The van der Waals surface area contributed by atoms with Gasteiger partial charge in [-0.2, -0.15) is 0 Å². The Labute approximate surface area is 232 Å².